The largest absolute Gasteiger partial charge is 0.377 e. The zero-order valence-electron chi connectivity index (χ0n) is 12.8. The van der Waals surface area contributed by atoms with Gasteiger partial charge in [0.05, 0.1) is 6.61 Å². The van der Waals surface area contributed by atoms with E-state index in [4.69, 9.17) is 9.26 Å². The van der Waals surface area contributed by atoms with Crippen LogP contribution in [0, 0.1) is 0 Å². The van der Waals surface area contributed by atoms with Crippen LogP contribution in [0.25, 0.3) is 11.4 Å². The molecule has 8 nitrogen and oxygen atoms in total. The van der Waals surface area contributed by atoms with Crippen molar-refractivity contribution >= 4 is 0 Å². The van der Waals surface area contributed by atoms with Gasteiger partial charge in [0.2, 0.25) is 11.7 Å². The molecule has 0 saturated carbocycles. The predicted octanol–water partition coefficient (Wildman–Crippen LogP) is 1.26. The zero-order chi connectivity index (χ0) is 16.8. The molecule has 2 N–H and O–H groups in total. The van der Waals surface area contributed by atoms with E-state index in [-0.39, 0.29) is 11.4 Å². The van der Waals surface area contributed by atoms with Crippen LogP contribution in [-0.2, 0) is 17.8 Å². The van der Waals surface area contributed by atoms with Gasteiger partial charge in [0.25, 0.3) is 5.56 Å². The second-order valence-corrected chi connectivity index (χ2v) is 5.14. The van der Waals surface area contributed by atoms with Crippen molar-refractivity contribution in [1.29, 1.82) is 0 Å². The molecule has 124 valence electrons. The Morgan fingerprint density at radius 1 is 1.17 bits per heavy atom. The molecule has 0 fully saturated rings. The number of hydrogen-bond acceptors (Lipinski definition) is 6. The molecule has 0 spiro atoms. The average molecular weight is 328 g/mol. The number of benzene rings is 1. The predicted molar refractivity (Wildman–Crippen MR) is 85.4 cm³/mol. The molecule has 0 atom stereocenters. The number of ether oxygens (including phenoxy) is 1. The van der Waals surface area contributed by atoms with E-state index in [1.54, 1.807) is 0 Å². The van der Waals surface area contributed by atoms with Crippen LogP contribution in [0.2, 0.25) is 0 Å². The molecule has 3 aromatic rings. The fourth-order valence-corrected chi connectivity index (χ4v) is 2.13. The Labute approximate surface area is 136 Å². The highest BCUT2D eigenvalue weighted by atomic mass is 16.5. The third-order valence-electron chi connectivity index (χ3n) is 3.32. The minimum atomic E-state index is -0.581. The molecule has 0 bridgehead atoms. The average Bonchev–Trinajstić information content (AvgIpc) is 3.04. The maximum atomic E-state index is 11.7. The van der Waals surface area contributed by atoms with E-state index in [1.807, 2.05) is 30.3 Å². The summed E-state index contributed by atoms with van der Waals surface area (Å²) in [7, 11) is 0. The van der Waals surface area contributed by atoms with Gasteiger partial charge in [-0.15, -0.1) is 0 Å². The van der Waals surface area contributed by atoms with Gasteiger partial charge in [0.1, 0.15) is 5.56 Å². The van der Waals surface area contributed by atoms with Crippen LogP contribution in [0.3, 0.4) is 0 Å². The monoisotopic (exact) mass is 328 g/mol. The number of hydrogen-bond donors (Lipinski definition) is 2. The van der Waals surface area contributed by atoms with E-state index in [9.17, 15) is 9.59 Å². The van der Waals surface area contributed by atoms with Crippen LogP contribution >= 0.6 is 0 Å². The van der Waals surface area contributed by atoms with E-state index in [0.29, 0.717) is 25.5 Å². The van der Waals surface area contributed by atoms with Crippen LogP contribution in [-0.4, -0.2) is 26.7 Å². The molecule has 8 heteroatoms. The lowest BCUT2D eigenvalue weighted by molar-refractivity contribution is 0.117. The van der Waals surface area contributed by atoms with Gasteiger partial charge < -0.3 is 14.2 Å². The maximum Gasteiger partial charge on any atom is 0.325 e. The van der Waals surface area contributed by atoms with E-state index in [1.165, 1.54) is 6.20 Å². The Bertz CT molecular complexity index is 898. The third kappa shape index (κ3) is 4.05. The third-order valence-corrected chi connectivity index (χ3v) is 3.32. The summed E-state index contributed by atoms with van der Waals surface area (Å²) < 4.78 is 10.7. The quantitative estimate of drug-likeness (QED) is 0.631. The number of H-pyrrole nitrogens is 2. The maximum absolute atomic E-state index is 11.7. The number of nitrogens with zero attached hydrogens (tertiary/aromatic N) is 2. The normalized spacial score (nSPS) is 10.8. The molecule has 24 heavy (non-hydrogen) atoms. The Kier molecular flexibility index (Phi) is 4.97. The summed E-state index contributed by atoms with van der Waals surface area (Å²) in [6.07, 6.45) is 2.53. The first-order valence-electron chi connectivity index (χ1n) is 7.49. The van der Waals surface area contributed by atoms with Crippen molar-refractivity contribution in [2.75, 3.05) is 6.61 Å². The molecule has 2 heterocycles. The van der Waals surface area contributed by atoms with Crippen LogP contribution in [0.5, 0.6) is 0 Å². The summed E-state index contributed by atoms with van der Waals surface area (Å²) in [5, 5.41) is 3.75. The highest BCUT2D eigenvalue weighted by molar-refractivity contribution is 5.50. The lowest BCUT2D eigenvalue weighted by atomic mass is 10.2. The van der Waals surface area contributed by atoms with Crippen LogP contribution in [0.1, 0.15) is 17.9 Å². The van der Waals surface area contributed by atoms with Gasteiger partial charge in [0, 0.05) is 19.2 Å². The summed E-state index contributed by atoms with van der Waals surface area (Å²) in [6, 6.07) is 9.91. The standard InChI is InChI=1S/C16H16N4O4/c21-15-12(9-17-16(22)19-15)14-18-13(24-20-14)7-4-8-23-10-11-5-2-1-3-6-11/h1-3,5-6,9H,4,7-8,10H2,(H2,17,19,21,22). The Balaban J connectivity index is 1.49. The number of rotatable bonds is 7. The van der Waals surface area contributed by atoms with Gasteiger partial charge in [-0.25, -0.2) is 4.79 Å². The minimum absolute atomic E-state index is 0.146. The number of nitrogens with one attached hydrogen (secondary N) is 2. The van der Waals surface area contributed by atoms with Crippen molar-refractivity contribution in [2.24, 2.45) is 0 Å². The van der Waals surface area contributed by atoms with Gasteiger partial charge in [0.15, 0.2) is 0 Å². The fraction of sp³-hybridized carbons (Fsp3) is 0.250. The van der Waals surface area contributed by atoms with Gasteiger partial charge in [-0.05, 0) is 12.0 Å². The SMILES string of the molecule is O=c1[nH]cc(-c2noc(CCCOCc3ccccc3)n2)c(=O)[nH]1. The topological polar surface area (TPSA) is 114 Å². The lowest BCUT2D eigenvalue weighted by Crippen LogP contribution is -2.22. The zero-order valence-corrected chi connectivity index (χ0v) is 12.8. The Morgan fingerprint density at radius 2 is 2.00 bits per heavy atom. The summed E-state index contributed by atoms with van der Waals surface area (Å²) in [5.74, 6) is 0.562. The number of aromatic amines is 2. The van der Waals surface area contributed by atoms with Gasteiger partial charge in [-0.2, -0.15) is 4.98 Å². The smallest absolute Gasteiger partial charge is 0.325 e. The Hall–Kier alpha value is -3.00. The van der Waals surface area contributed by atoms with Gasteiger partial charge in [-0.3, -0.25) is 9.78 Å². The molecule has 0 aliphatic rings. The summed E-state index contributed by atoms with van der Waals surface area (Å²) in [6.45, 7) is 1.12. The molecule has 1 aromatic carbocycles. The van der Waals surface area contributed by atoms with Crippen LogP contribution < -0.4 is 11.2 Å². The molecule has 0 aliphatic carbocycles. The first-order valence-corrected chi connectivity index (χ1v) is 7.49. The lowest BCUT2D eigenvalue weighted by Gasteiger charge is -2.02. The summed E-state index contributed by atoms with van der Waals surface area (Å²) in [4.78, 5) is 31.3. The second-order valence-electron chi connectivity index (χ2n) is 5.14. The number of aryl methyl sites for hydroxylation is 1. The number of aromatic nitrogens is 4. The highest BCUT2D eigenvalue weighted by Gasteiger charge is 2.12. The molecule has 0 saturated heterocycles. The molecule has 0 amide bonds. The minimum Gasteiger partial charge on any atom is -0.377 e. The molecular weight excluding hydrogens is 312 g/mol. The second kappa shape index (κ2) is 7.51. The van der Waals surface area contributed by atoms with Crippen molar-refractivity contribution in [1.82, 2.24) is 20.1 Å². The first kappa shape index (κ1) is 15.9. The van der Waals surface area contributed by atoms with Crippen LogP contribution in [0.15, 0.2) is 50.6 Å². The van der Waals surface area contributed by atoms with E-state index >= 15 is 0 Å². The van der Waals surface area contributed by atoms with Crippen molar-refractivity contribution in [3.63, 3.8) is 0 Å². The molecule has 0 radical (unpaired) electrons. The highest BCUT2D eigenvalue weighted by Crippen LogP contribution is 2.10. The van der Waals surface area contributed by atoms with Crippen molar-refractivity contribution in [2.45, 2.75) is 19.4 Å². The van der Waals surface area contributed by atoms with Crippen molar-refractivity contribution in [3.05, 3.63) is 68.8 Å². The Morgan fingerprint density at radius 3 is 2.79 bits per heavy atom. The van der Waals surface area contributed by atoms with E-state index in [0.717, 1.165) is 12.0 Å². The van der Waals surface area contributed by atoms with E-state index in [2.05, 4.69) is 20.1 Å². The van der Waals surface area contributed by atoms with Gasteiger partial charge in [-0.1, -0.05) is 35.5 Å². The van der Waals surface area contributed by atoms with Crippen molar-refractivity contribution < 1.29 is 9.26 Å². The molecule has 0 aliphatic heterocycles. The molecule has 0 unspecified atom stereocenters. The summed E-state index contributed by atoms with van der Waals surface area (Å²) in [5.41, 5.74) is 0.139. The van der Waals surface area contributed by atoms with Gasteiger partial charge >= 0.3 is 5.69 Å². The molecule has 3 rings (SSSR count). The van der Waals surface area contributed by atoms with E-state index < -0.39 is 11.2 Å². The first-order chi connectivity index (χ1) is 11.7. The molecular formula is C16H16N4O4. The van der Waals surface area contributed by atoms with Crippen LogP contribution in [0.4, 0.5) is 0 Å². The van der Waals surface area contributed by atoms with Crippen molar-refractivity contribution in [3.8, 4) is 11.4 Å². The summed E-state index contributed by atoms with van der Waals surface area (Å²) >= 11 is 0. The fourth-order valence-electron chi connectivity index (χ4n) is 2.13. The molecule has 2 aromatic heterocycles.